The van der Waals surface area contributed by atoms with Gasteiger partial charge in [-0.1, -0.05) is 13.8 Å². The van der Waals surface area contributed by atoms with Crippen LogP contribution in [0.15, 0.2) is 12.3 Å². The number of rotatable bonds is 3. The fraction of sp³-hybridized carbons (Fsp3) is 0.692. The molecule has 1 aromatic rings. The predicted octanol–water partition coefficient (Wildman–Crippen LogP) is 1.63. The number of Topliss-reactive ketones (excluding diaryl/α,β-unsaturated/α-hetero) is 1. The molecule has 0 bridgehead atoms. The predicted molar refractivity (Wildman–Crippen MR) is 66.9 cm³/mol. The fourth-order valence-electron chi connectivity index (χ4n) is 2.52. The molecule has 0 amide bonds. The van der Waals surface area contributed by atoms with Crippen LogP contribution in [0.3, 0.4) is 0 Å². The first-order chi connectivity index (χ1) is 8.01. The Bertz CT molecular complexity index is 403. The first-order valence-corrected chi connectivity index (χ1v) is 6.27. The first-order valence-electron chi connectivity index (χ1n) is 6.27. The third-order valence-electron chi connectivity index (χ3n) is 3.85. The average Bonchev–Trinajstić information content (AvgIpc) is 2.76. The van der Waals surface area contributed by atoms with Crippen molar-refractivity contribution in [1.29, 1.82) is 0 Å². The summed E-state index contributed by atoms with van der Waals surface area (Å²) >= 11 is 0. The maximum Gasteiger partial charge on any atom is 0.188 e. The maximum absolute atomic E-state index is 12.5. The highest BCUT2D eigenvalue weighted by molar-refractivity contribution is 5.98. The van der Waals surface area contributed by atoms with E-state index in [0.717, 1.165) is 25.9 Å². The topological polar surface area (TPSA) is 46.9 Å². The van der Waals surface area contributed by atoms with Gasteiger partial charge in [0.15, 0.2) is 5.78 Å². The number of piperidine rings is 1. The number of nitrogens with zero attached hydrogens (tertiary/aromatic N) is 2. The van der Waals surface area contributed by atoms with Crippen LogP contribution in [-0.2, 0) is 7.05 Å². The van der Waals surface area contributed by atoms with Gasteiger partial charge >= 0.3 is 0 Å². The Morgan fingerprint density at radius 2 is 2.35 bits per heavy atom. The van der Waals surface area contributed by atoms with Crippen molar-refractivity contribution in [2.75, 3.05) is 13.1 Å². The van der Waals surface area contributed by atoms with Gasteiger partial charge in [-0.05, 0) is 37.9 Å². The zero-order valence-electron chi connectivity index (χ0n) is 10.9. The number of hydrogen-bond acceptors (Lipinski definition) is 3. The minimum absolute atomic E-state index is 0.159. The summed E-state index contributed by atoms with van der Waals surface area (Å²) in [6.45, 7) is 6.10. The summed E-state index contributed by atoms with van der Waals surface area (Å²) in [7, 11) is 1.84. The van der Waals surface area contributed by atoms with Crippen LogP contribution in [0, 0.1) is 11.3 Å². The molecule has 1 aromatic heterocycles. The average molecular weight is 235 g/mol. The van der Waals surface area contributed by atoms with Gasteiger partial charge in [0.05, 0.1) is 0 Å². The molecule has 2 heterocycles. The Kier molecular flexibility index (Phi) is 3.33. The van der Waals surface area contributed by atoms with Gasteiger partial charge in [0, 0.05) is 18.7 Å². The van der Waals surface area contributed by atoms with Gasteiger partial charge in [0.1, 0.15) is 5.69 Å². The van der Waals surface area contributed by atoms with Crippen LogP contribution in [0.4, 0.5) is 0 Å². The molecule has 0 aliphatic carbocycles. The molecule has 0 aromatic carbocycles. The van der Waals surface area contributed by atoms with Crippen LogP contribution in [0.1, 0.15) is 37.2 Å². The number of nitrogens with one attached hydrogen (secondary N) is 1. The van der Waals surface area contributed by atoms with Crippen molar-refractivity contribution in [3.8, 4) is 0 Å². The van der Waals surface area contributed by atoms with Gasteiger partial charge in [-0.3, -0.25) is 9.48 Å². The van der Waals surface area contributed by atoms with E-state index in [1.807, 2.05) is 27.1 Å². The zero-order valence-corrected chi connectivity index (χ0v) is 10.9. The molecule has 2 rings (SSSR count). The van der Waals surface area contributed by atoms with E-state index >= 15 is 0 Å². The van der Waals surface area contributed by atoms with E-state index in [4.69, 9.17) is 0 Å². The molecule has 1 aliphatic heterocycles. The summed E-state index contributed by atoms with van der Waals surface area (Å²) < 4.78 is 1.68. The molecular formula is C13H21N3O. The lowest BCUT2D eigenvalue weighted by Gasteiger charge is -2.35. The number of aromatic nitrogens is 2. The van der Waals surface area contributed by atoms with Crippen LogP contribution in [0.25, 0.3) is 0 Å². The highest BCUT2D eigenvalue weighted by atomic mass is 16.1. The quantitative estimate of drug-likeness (QED) is 0.810. The van der Waals surface area contributed by atoms with E-state index in [2.05, 4.69) is 10.4 Å². The monoisotopic (exact) mass is 235 g/mol. The molecule has 0 spiro atoms. The van der Waals surface area contributed by atoms with Crippen molar-refractivity contribution < 1.29 is 4.79 Å². The fourth-order valence-corrected chi connectivity index (χ4v) is 2.52. The van der Waals surface area contributed by atoms with E-state index in [1.165, 1.54) is 0 Å². The van der Waals surface area contributed by atoms with Gasteiger partial charge in [-0.2, -0.15) is 5.10 Å². The molecule has 94 valence electrons. The molecule has 1 aliphatic rings. The zero-order chi connectivity index (χ0) is 12.5. The number of hydrogen-bond donors (Lipinski definition) is 1. The van der Waals surface area contributed by atoms with E-state index in [0.29, 0.717) is 11.6 Å². The molecule has 1 unspecified atom stereocenters. The first kappa shape index (κ1) is 12.3. The summed E-state index contributed by atoms with van der Waals surface area (Å²) in [5.74, 6) is 0.567. The van der Waals surface area contributed by atoms with E-state index in [9.17, 15) is 4.79 Å². The van der Waals surface area contributed by atoms with E-state index in [1.54, 1.807) is 10.7 Å². The molecule has 1 saturated heterocycles. The molecule has 1 N–H and O–H groups in total. The van der Waals surface area contributed by atoms with Crippen molar-refractivity contribution in [1.82, 2.24) is 15.1 Å². The highest BCUT2D eigenvalue weighted by Gasteiger charge is 2.38. The summed E-state index contributed by atoms with van der Waals surface area (Å²) in [6, 6.07) is 1.81. The molecule has 0 saturated carbocycles. The van der Waals surface area contributed by atoms with Crippen LogP contribution in [-0.4, -0.2) is 28.7 Å². The van der Waals surface area contributed by atoms with E-state index in [-0.39, 0.29) is 11.2 Å². The van der Waals surface area contributed by atoms with Gasteiger partial charge in [0.2, 0.25) is 0 Å². The molecule has 4 heteroatoms. The Hall–Kier alpha value is -1.16. The summed E-state index contributed by atoms with van der Waals surface area (Å²) in [5, 5.41) is 7.59. The highest BCUT2D eigenvalue weighted by Crippen LogP contribution is 2.34. The number of ketones is 1. The van der Waals surface area contributed by atoms with Crippen LogP contribution in [0.5, 0.6) is 0 Å². The second-order valence-corrected chi connectivity index (χ2v) is 5.47. The number of carbonyl (C=O) groups excluding carboxylic acids is 1. The molecular weight excluding hydrogens is 214 g/mol. The molecule has 17 heavy (non-hydrogen) atoms. The Morgan fingerprint density at radius 3 is 2.88 bits per heavy atom. The maximum atomic E-state index is 12.5. The van der Waals surface area contributed by atoms with Gasteiger partial charge in [0.25, 0.3) is 0 Å². The SMILES string of the molecule is Cn1ccc(C(=O)C(C)(C)C2CCCNC2)n1. The minimum atomic E-state index is -0.332. The van der Waals surface area contributed by atoms with E-state index < -0.39 is 0 Å². The van der Waals surface area contributed by atoms with Crippen molar-refractivity contribution in [2.45, 2.75) is 26.7 Å². The minimum Gasteiger partial charge on any atom is -0.316 e. The van der Waals surface area contributed by atoms with Crippen molar-refractivity contribution in [2.24, 2.45) is 18.4 Å². The van der Waals surface area contributed by atoms with Crippen molar-refractivity contribution in [3.05, 3.63) is 18.0 Å². The third-order valence-corrected chi connectivity index (χ3v) is 3.85. The summed E-state index contributed by atoms with van der Waals surface area (Å²) in [5.41, 5.74) is 0.255. The lowest BCUT2D eigenvalue weighted by atomic mass is 9.71. The summed E-state index contributed by atoms with van der Waals surface area (Å²) in [6.07, 6.45) is 4.10. The third kappa shape index (κ3) is 2.41. The molecule has 1 fully saturated rings. The van der Waals surface area contributed by atoms with Crippen LogP contribution < -0.4 is 5.32 Å². The van der Waals surface area contributed by atoms with Crippen LogP contribution in [0.2, 0.25) is 0 Å². The van der Waals surface area contributed by atoms with Gasteiger partial charge < -0.3 is 5.32 Å². The lowest BCUT2D eigenvalue weighted by molar-refractivity contribution is 0.0702. The molecule has 4 nitrogen and oxygen atoms in total. The second-order valence-electron chi connectivity index (χ2n) is 5.47. The van der Waals surface area contributed by atoms with Crippen molar-refractivity contribution >= 4 is 5.78 Å². The van der Waals surface area contributed by atoms with Crippen molar-refractivity contribution in [3.63, 3.8) is 0 Å². The number of aryl methyl sites for hydroxylation is 1. The lowest BCUT2D eigenvalue weighted by Crippen LogP contribution is -2.42. The smallest absolute Gasteiger partial charge is 0.188 e. The van der Waals surface area contributed by atoms with Gasteiger partial charge in [-0.15, -0.1) is 0 Å². The van der Waals surface area contributed by atoms with Gasteiger partial charge in [-0.25, -0.2) is 0 Å². The standard InChI is InChI=1S/C13H21N3O/c1-13(2,10-5-4-7-14-9-10)12(17)11-6-8-16(3)15-11/h6,8,10,14H,4-5,7,9H2,1-3H3. The number of carbonyl (C=O) groups is 1. The second kappa shape index (κ2) is 4.61. The molecule has 1 atom stereocenters. The Labute approximate surface area is 102 Å². The van der Waals surface area contributed by atoms with Crippen LogP contribution >= 0.6 is 0 Å². The Morgan fingerprint density at radius 1 is 1.59 bits per heavy atom. The largest absolute Gasteiger partial charge is 0.316 e. The normalized spacial score (nSPS) is 21.5. The Balaban J connectivity index is 2.16. The summed E-state index contributed by atoms with van der Waals surface area (Å²) in [4.78, 5) is 12.5. The molecule has 0 radical (unpaired) electrons.